The minimum Gasteiger partial charge on any atom is -0.391 e. The van der Waals surface area contributed by atoms with Crippen LogP contribution in [-0.4, -0.2) is 43.9 Å². The maximum Gasteiger partial charge on any atom is 0.214 e. The number of fused-ring (bicyclic) bond motifs is 1. The molecule has 7 heteroatoms. The summed E-state index contributed by atoms with van der Waals surface area (Å²) >= 11 is 1.56. The molecule has 21 heavy (non-hydrogen) atoms. The van der Waals surface area contributed by atoms with Crippen LogP contribution in [0.5, 0.6) is 0 Å². The van der Waals surface area contributed by atoms with Crippen LogP contribution in [0.4, 0.5) is 5.13 Å². The third-order valence-electron chi connectivity index (χ3n) is 3.66. The van der Waals surface area contributed by atoms with Gasteiger partial charge >= 0.3 is 0 Å². The molecular formula is C14H15N5OS. The average molecular weight is 301 g/mol. The van der Waals surface area contributed by atoms with Gasteiger partial charge in [0.25, 0.3) is 0 Å². The highest BCUT2D eigenvalue weighted by atomic mass is 32.1. The summed E-state index contributed by atoms with van der Waals surface area (Å²) in [5, 5.41) is 15.3. The molecule has 1 N–H and O–H groups in total. The number of anilines is 1. The highest BCUT2D eigenvalue weighted by Crippen LogP contribution is 2.28. The highest BCUT2D eigenvalue weighted by Gasteiger charge is 2.21. The molecule has 1 fully saturated rings. The Kier molecular flexibility index (Phi) is 3.08. The number of imidazole rings is 1. The van der Waals surface area contributed by atoms with Gasteiger partial charge in [-0.3, -0.25) is 4.98 Å². The van der Waals surface area contributed by atoms with E-state index in [4.69, 9.17) is 0 Å². The third kappa shape index (κ3) is 2.38. The molecule has 0 saturated carbocycles. The Morgan fingerprint density at radius 3 is 3.10 bits per heavy atom. The average Bonchev–Trinajstić information content (AvgIpc) is 3.07. The molecule has 0 bridgehead atoms. The van der Waals surface area contributed by atoms with E-state index in [2.05, 4.69) is 20.0 Å². The Hall–Kier alpha value is -1.99. The van der Waals surface area contributed by atoms with Gasteiger partial charge in [0.2, 0.25) is 10.1 Å². The monoisotopic (exact) mass is 301 g/mol. The van der Waals surface area contributed by atoms with Crippen molar-refractivity contribution < 1.29 is 5.11 Å². The van der Waals surface area contributed by atoms with Gasteiger partial charge in [0.1, 0.15) is 0 Å². The fraction of sp³-hybridized carbons (Fsp3) is 0.357. The second-order valence-electron chi connectivity index (χ2n) is 5.22. The zero-order valence-electron chi connectivity index (χ0n) is 11.4. The van der Waals surface area contributed by atoms with Crippen LogP contribution in [0.3, 0.4) is 0 Å². The molecule has 108 valence electrons. The number of pyridine rings is 1. The first kappa shape index (κ1) is 12.7. The smallest absolute Gasteiger partial charge is 0.214 e. The van der Waals surface area contributed by atoms with Crippen molar-refractivity contribution in [2.75, 3.05) is 18.0 Å². The van der Waals surface area contributed by atoms with Gasteiger partial charge in [-0.15, -0.1) is 5.10 Å². The first-order valence-corrected chi connectivity index (χ1v) is 7.81. The van der Waals surface area contributed by atoms with Gasteiger partial charge in [0, 0.05) is 31.0 Å². The van der Waals surface area contributed by atoms with E-state index in [0.29, 0.717) is 6.54 Å². The summed E-state index contributed by atoms with van der Waals surface area (Å²) in [6.07, 6.45) is 7.11. The second kappa shape index (κ2) is 5.09. The Labute approximate surface area is 125 Å². The van der Waals surface area contributed by atoms with Crippen molar-refractivity contribution in [2.24, 2.45) is 0 Å². The Morgan fingerprint density at radius 1 is 1.38 bits per heavy atom. The number of hydrogen-bond acceptors (Lipinski definition) is 6. The molecule has 1 saturated heterocycles. The zero-order valence-corrected chi connectivity index (χ0v) is 12.2. The van der Waals surface area contributed by atoms with Crippen molar-refractivity contribution in [1.82, 2.24) is 19.6 Å². The Morgan fingerprint density at radius 2 is 2.33 bits per heavy atom. The van der Waals surface area contributed by atoms with E-state index in [-0.39, 0.29) is 6.10 Å². The molecule has 0 aromatic carbocycles. The number of nitrogens with zero attached hydrogens (tertiary/aromatic N) is 5. The van der Waals surface area contributed by atoms with E-state index in [1.165, 1.54) is 0 Å². The van der Waals surface area contributed by atoms with Crippen LogP contribution in [0, 0.1) is 0 Å². The molecule has 1 aliphatic rings. The van der Waals surface area contributed by atoms with Crippen molar-refractivity contribution in [1.29, 1.82) is 0 Å². The molecule has 4 heterocycles. The van der Waals surface area contributed by atoms with Crippen molar-refractivity contribution in [2.45, 2.75) is 18.9 Å². The molecule has 3 aromatic heterocycles. The van der Waals surface area contributed by atoms with E-state index in [9.17, 15) is 5.11 Å². The second-order valence-corrected chi connectivity index (χ2v) is 6.16. The summed E-state index contributed by atoms with van der Waals surface area (Å²) in [6.45, 7) is 1.61. The van der Waals surface area contributed by atoms with Gasteiger partial charge in [0.05, 0.1) is 18.0 Å². The largest absolute Gasteiger partial charge is 0.391 e. The number of β-amino-alcohol motifs (C(OH)–C–C–N with tert-alkyl or cyclic N) is 1. The maximum atomic E-state index is 9.76. The number of piperidine rings is 1. The highest BCUT2D eigenvalue weighted by molar-refractivity contribution is 7.20. The van der Waals surface area contributed by atoms with Crippen molar-refractivity contribution in [3.8, 4) is 11.3 Å². The van der Waals surface area contributed by atoms with E-state index in [1.807, 2.05) is 22.8 Å². The summed E-state index contributed by atoms with van der Waals surface area (Å²) < 4.78 is 1.81. The maximum absolute atomic E-state index is 9.76. The lowest BCUT2D eigenvalue weighted by molar-refractivity contribution is 0.154. The summed E-state index contributed by atoms with van der Waals surface area (Å²) in [4.78, 5) is 11.7. The number of rotatable bonds is 2. The fourth-order valence-corrected chi connectivity index (χ4v) is 3.52. The topological polar surface area (TPSA) is 66.5 Å². The molecule has 4 rings (SSSR count). The summed E-state index contributed by atoms with van der Waals surface area (Å²) in [7, 11) is 0. The van der Waals surface area contributed by atoms with Crippen LogP contribution in [0.25, 0.3) is 16.2 Å². The quantitative estimate of drug-likeness (QED) is 0.782. The van der Waals surface area contributed by atoms with Crippen molar-refractivity contribution >= 4 is 21.4 Å². The molecule has 0 spiro atoms. The van der Waals surface area contributed by atoms with Crippen LogP contribution in [0.15, 0.2) is 30.7 Å². The van der Waals surface area contributed by atoms with Crippen molar-refractivity contribution in [3.63, 3.8) is 0 Å². The molecule has 1 aliphatic heterocycles. The van der Waals surface area contributed by atoms with E-state index >= 15 is 0 Å². The molecule has 1 unspecified atom stereocenters. The van der Waals surface area contributed by atoms with Crippen LogP contribution >= 0.6 is 11.3 Å². The van der Waals surface area contributed by atoms with Crippen LogP contribution in [0.1, 0.15) is 12.8 Å². The van der Waals surface area contributed by atoms with Gasteiger partial charge in [-0.05, 0) is 25.0 Å². The van der Waals surface area contributed by atoms with Gasteiger partial charge in [0.15, 0.2) is 0 Å². The number of aliphatic hydroxyl groups is 1. The lowest BCUT2D eigenvalue weighted by Gasteiger charge is -2.29. The molecule has 0 radical (unpaired) electrons. The summed E-state index contributed by atoms with van der Waals surface area (Å²) in [6, 6.07) is 3.89. The zero-order chi connectivity index (χ0) is 14.2. The summed E-state index contributed by atoms with van der Waals surface area (Å²) in [5.41, 5.74) is 1.87. The Bertz CT molecular complexity index is 722. The summed E-state index contributed by atoms with van der Waals surface area (Å²) in [5.74, 6) is 0. The molecular weight excluding hydrogens is 286 g/mol. The number of hydrogen-bond donors (Lipinski definition) is 1. The minimum atomic E-state index is -0.249. The van der Waals surface area contributed by atoms with Crippen LogP contribution in [-0.2, 0) is 0 Å². The van der Waals surface area contributed by atoms with Crippen molar-refractivity contribution in [3.05, 3.63) is 30.7 Å². The minimum absolute atomic E-state index is 0.249. The molecule has 0 aliphatic carbocycles. The van der Waals surface area contributed by atoms with E-state index in [0.717, 1.165) is 40.7 Å². The van der Waals surface area contributed by atoms with Crippen LogP contribution in [0.2, 0.25) is 0 Å². The first-order valence-electron chi connectivity index (χ1n) is 6.99. The normalized spacial score (nSPS) is 19.3. The van der Waals surface area contributed by atoms with Crippen LogP contribution < -0.4 is 4.90 Å². The molecule has 0 amide bonds. The van der Waals surface area contributed by atoms with E-state index in [1.54, 1.807) is 23.7 Å². The fourth-order valence-electron chi connectivity index (χ4n) is 2.60. The van der Waals surface area contributed by atoms with E-state index < -0.39 is 0 Å². The molecule has 1 atom stereocenters. The van der Waals surface area contributed by atoms with Gasteiger partial charge in [-0.1, -0.05) is 11.3 Å². The van der Waals surface area contributed by atoms with Gasteiger partial charge in [-0.2, -0.15) is 0 Å². The number of aromatic nitrogens is 4. The SMILES string of the molecule is OC1CCCN(c2nn3cc(-c4cccnc4)nc3s2)C1. The lowest BCUT2D eigenvalue weighted by atomic mass is 10.1. The standard InChI is InChI=1S/C14H15N5OS/c20-11-4-2-6-18(8-11)14-17-19-9-12(16-13(19)21-14)10-3-1-5-15-7-10/h1,3,5,7,9,11,20H,2,4,6,8H2. The van der Waals surface area contributed by atoms with Gasteiger partial charge in [-0.25, -0.2) is 9.50 Å². The predicted octanol–water partition coefficient (Wildman–Crippen LogP) is 1.81. The lowest BCUT2D eigenvalue weighted by Crippen LogP contribution is -2.38. The first-order chi connectivity index (χ1) is 10.3. The van der Waals surface area contributed by atoms with Gasteiger partial charge < -0.3 is 10.0 Å². The Balaban J connectivity index is 1.65. The number of aliphatic hydroxyl groups excluding tert-OH is 1. The predicted molar refractivity (Wildman–Crippen MR) is 81.5 cm³/mol. The third-order valence-corrected chi connectivity index (χ3v) is 4.64. The molecule has 3 aromatic rings. The molecule has 6 nitrogen and oxygen atoms in total.